The zero-order valence-electron chi connectivity index (χ0n) is 19.2. The average Bonchev–Trinajstić information content (AvgIpc) is 2.70. The minimum atomic E-state index is -0.893. The van der Waals surface area contributed by atoms with Crippen LogP contribution in [0.3, 0.4) is 0 Å². The molecule has 0 unspecified atom stereocenters. The number of amides is 1. The maximum Gasteiger partial charge on any atom is 0.308 e. The van der Waals surface area contributed by atoms with E-state index in [0.717, 1.165) is 35.1 Å². The second-order valence-corrected chi connectivity index (χ2v) is 11.1. The molecule has 32 heavy (non-hydrogen) atoms. The molecule has 1 saturated heterocycles. The molecule has 2 aromatic carbocycles. The molecule has 4 aliphatic rings. The van der Waals surface area contributed by atoms with Gasteiger partial charge in [-0.1, -0.05) is 48.5 Å². The van der Waals surface area contributed by atoms with E-state index in [1.165, 1.54) is 0 Å². The standard InChI is InChI=1S/C27H32N2O3/c1-26(2)13-15(14-27(3,4)29-26)28-24(30)22-20-16-9-5-7-11-18(16)21(23(22)25(31)32)19-12-8-6-10-17(19)20/h5-12,15,20-23,29H,13-14H2,1-4H3,(H,28,30)(H,31,32)/t20?,21?,22-,23-/m1/s1. The summed E-state index contributed by atoms with van der Waals surface area (Å²) in [5, 5.41) is 17.3. The summed E-state index contributed by atoms with van der Waals surface area (Å²) in [5.41, 5.74) is 4.10. The Labute approximate surface area is 189 Å². The molecule has 1 amide bonds. The summed E-state index contributed by atoms with van der Waals surface area (Å²) >= 11 is 0. The van der Waals surface area contributed by atoms with Crippen LogP contribution in [0.15, 0.2) is 48.5 Å². The quantitative estimate of drug-likeness (QED) is 0.685. The van der Waals surface area contributed by atoms with Gasteiger partial charge >= 0.3 is 5.97 Å². The molecule has 168 valence electrons. The molecule has 3 aliphatic carbocycles. The second kappa shape index (κ2) is 7.17. The smallest absolute Gasteiger partial charge is 0.308 e. The van der Waals surface area contributed by atoms with Gasteiger partial charge < -0.3 is 15.7 Å². The second-order valence-electron chi connectivity index (χ2n) is 11.1. The van der Waals surface area contributed by atoms with Crippen molar-refractivity contribution in [3.05, 3.63) is 70.8 Å². The van der Waals surface area contributed by atoms with Crippen LogP contribution in [0.1, 0.15) is 74.6 Å². The fourth-order valence-electron chi connectivity index (χ4n) is 7.01. The molecule has 1 aliphatic heterocycles. The minimum absolute atomic E-state index is 0.00846. The van der Waals surface area contributed by atoms with Gasteiger partial charge in [-0.2, -0.15) is 0 Å². The fraction of sp³-hybridized carbons (Fsp3) is 0.481. The number of hydrogen-bond donors (Lipinski definition) is 3. The van der Waals surface area contributed by atoms with Crippen molar-refractivity contribution >= 4 is 11.9 Å². The number of carboxylic acid groups (broad SMARTS) is 1. The molecule has 0 saturated carbocycles. The van der Waals surface area contributed by atoms with Crippen LogP contribution >= 0.6 is 0 Å². The first-order chi connectivity index (χ1) is 15.1. The average molecular weight is 433 g/mol. The number of piperidine rings is 1. The molecule has 3 N–H and O–H groups in total. The van der Waals surface area contributed by atoms with Crippen LogP contribution in [-0.4, -0.2) is 34.1 Å². The normalized spacial score (nSPS) is 29.6. The Kier molecular flexibility index (Phi) is 4.75. The number of carbonyl (C=O) groups is 2. The summed E-state index contributed by atoms with van der Waals surface area (Å²) in [6.07, 6.45) is 1.63. The van der Waals surface area contributed by atoms with Gasteiger partial charge in [-0.05, 0) is 62.8 Å². The Bertz CT molecular complexity index is 1030. The molecule has 1 fully saturated rings. The third-order valence-corrected chi connectivity index (χ3v) is 7.56. The third kappa shape index (κ3) is 3.34. The Balaban J connectivity index is 1.55. The predicted octanol–water partition coefficient (Wildman–Crippen LogP) is 4.02. The highest BCUT2D eigenvalue weighted by atomic mass is 16.4. The van der Waals surface area contributed by atoms with E-state index in [1.807, 2.05) is 36.4 Å². The van der Waals surface area contributed by atoms with Crippen LogP contribution < -0.4 is 10.6 Å². The van der Waals surface area contributed by atoms with Crippen LogP contribution in [0.2, 0.25) is 0 Å². The van der Waals surface area contributed by atoms with Crippen molar-refractivity contribution in [2.45, 2.75) is 69.5 Å². The van der Waals surface area contributed by atoms with Crippen molar-refractivity contribution in [1.82, 2.24) is 10.6 Å². The van der Waals surface area contributed by atoms with Crippen LogP contribution in [0, 0.1) is 11.8 Å². The number of rotatable bonds is 3. The summed E-state index contributed by atoms with van der Waals surface area (Å²) in [6.45, 7) is 8.62. The molecule has 0 aromatic heterocycles. The molecular weight excluding hydrogens is 400 g/mol. The van der Waals surface area contributed by atoms with Crippen molar-refractivity contribution in [2.75, 3.05) is 0 Å². The number of aliphatic carboxylic acids is 1. The number of hydrogen-bond acceptors (Lipinski definition) is 3. The van der Waals surface area contributed by atoms with E-state index < -0.39 is 17.8 Å². The highest BCUT2D eigenvalue weighted by Crippen LogP contribution is 2.58. The lowest BCUT2D eigenvalue weighted by Gasteiger charge is -2.50. The Morgan fingerprint density at radius 1 is 0.812 bits per heavy atom. The molecule has 2 aromatic rings. The van der Waals surface area contributed by atoms with Crippen molar-refractivity contribution in [3.63, 3.8) is 0 Å². The number of benzene rings is 2. The fourth-order valence-corrected chi connectivity index (χ4v) is 7.01. The largest absolute Gasteiger partial charge is 0.481 e. The molecule has 6 rings (SSSR count). The molecule has 5 heteroatoms. The van der Waals surface area contributed by atoms with Gasteiger partial charge in [0.1, 0.15) is 0 Å². The maximum atomic E-state index is 13.8. The lowest BCUT2D eigenvalue weighted by atomic mass is 9.54. The lowest BCUT2D eigenvalue weighted by Crippen LogP contribution is -2.63. The summed E-state index contributed by atoms with van der Waals surface area (Å²) in [6, 6.07) is 16.1. The van der Waals surface area contributed by atoms with E-state index in [4.69, 9.17) is 0 Å². The Morgan fingerprint density at radius 3 is 1.62 bits per heavy atom. The number of carbonyl (C=O) groups excluding carboxylic acids is 1. The zero-order chi connectivity index (χ0) is 22.8. The minimum Gasteiger partial charge on any atom is -0.481 e. The molecular formula is C27H32N2O3. The van der Waals surface area contributed by atoms with Crippen LogP contribution in [0.4, 0.5) is 0 Å². The molecule has 0 radical (unpaired) electrons. The topological polar surface area (TPSA) is 78.4 Å². The van der Waals surface area contributed by atoms with E-state index in [9.17, 15) is 14.7 Å². The summed E-state index contributed by atoms with van der Waals surface area (Å²) < 4.78 is 0. The summed E-state index contributed by atoms with van der Waals surface area (Å²) in [4.78, 5) is 26.4. The van der Waals surface area contributed by atoms with Gasteiger partial charge in [0.05, 0.1) is 11.8 Å². The molecule has 5 nitrogen and oxygen atoms in total. The van der Waals surface area contributed by atoms with Gasteiger partial charge in [0, 0.05) is 29.0 Å². The first-order valence-electron chi connectivity index (χ1n) is 11.6. The van der Waals surface area contributed by atoms with E-state index >= 15 is 0 Å². The van der Waals surface area contributed by atoms with Gasteiger partial charge in [-0.3, -0.25) is 9.59 Å². The molecule has 2 atom stereocenters. The van der Waals surface area contributed by atoms with Gasteiger partial charge in [-0.25, -0.2) is 0 Å². The van der Waals surface area contributed by atoms with E-state index in [2.05, 4.69) is 50.5 Å². The van der Waals surface area contributed by atoms with Crippen LogP contribution in [0.25, 0.3) is 0 Å². The molecule has 1 heterocycles. The van der Waals surface area contributed by atoms with E-state index in [0.29, 0.717) is 0 Å². The number of nitrogens with one attached hydrogen (secondary N) is 2. The van der Waals surface area contributed by atoms with Gasteiger partial charge in [0.25, 0.3) is 0 Å². The van der Waals surface area contributed by atoms with Crippen molar-refractivity contribution in [2.24, 2.45) is 11.8 Å². The molecule has 2 bridgehead atoms. The highest BCUT2D eigenvalue weighted by molar-refractivity contribution is 5.90. The Morgan fingerprint density at radius 2 is 1.22 bits per heavy atom. The van der Waals surface area contributed by atoms with Crippen molar-refractivity contribution in [3.8, 4) is 0 Å². The number of carboxylic acids is 1. The SMILES string of the molecule is CC1(C)CC(NC(=O)[C@@H]2C3c4ccccc4C(c4ccccc43)[C@H]2C(=O)O)CC(C)(C)N1. The summed E-state index contributed by atoms with van der Waals surface area (Å²) in [7, 11) is 0. The van der Waals surface area contributed by atoms with Gasteiger partial charge in [-0.15, -0.1) is 0 Å². The highest BCUT2D eigenvalue weighted by Gasteiger charge is 2.55. The Hall–Kier alpha value is -2.66. The molecule has 0 spiro atoms. The first kappa shape index (κ1) is 21.2. The first-order valence-corrected chi connectivity index (χ1v) is 11.6. The van der Waals surface area contributed by atoms with Gasteiger partial charge in [0.2, 0.25) is 5.91 Å². The number of fused-ring (bicyclic) bond motifs is 1. The van der Waals surface area contributed by atoms with E-state index in [-0.39, 0.29) is 34.9 Å². The van der Waals surface area contributed by atoms with Crippen molar-refractivity contribution in [1.29, 1.82) is 0 Å². The van der Waals surface area contributed by atoms with Crippen LogP contribution in [-0.2, 0) is 9.59 Å². The van der Waals surface area contributed by atoms with Gasteiger partial charge in [0.15, 0.2) is 0 Å². The van der Waals surface area contributed by atoms with E-state index in [1.54, 1.807) is 0 Å². The monoisotopic (exact) mass is 432 g/mol. The maximum absolute atomic E-state index is 13.8. The lowest BCUT2D eigenvalue weighted by molar-refractivity contribution is -0.149. The zero-order valence-corrected chi connectivity index (χ0v) is 19.2. The van der Waals surface area contributed by atoms with Crippen molar-refractivity contribution < 1.29 is 14.7 Å². The predicted molar refractivity (Wildman–Crippen MR) is 124 cm³/mol. The van der Waals surface area contributed by atoms with Crippen LogP contribution in [0.5, 0.6) is 0 Å². The summed E-state index contributed by atoms with van der Waals surface area (Å²) in [5.74, 6) is -2.96. The third-order valence-electron chi connectivity index (χ3n) is 7.56.